The summed E-state index contributed by atoms with van der Waals surface area (Å²) in [6, 6.07) is 0. The lowest BCUT2D eigenvalue weighted by Gasteiger charge is -2.39. The molecule has 1 heterocycles. The Balaban J connectivity index is 2.64. The van der Waals surface area contributed by atoms with Gasteiger partial charge in [0, 0.05) is 22.8 Å². The third-order valence-corrected chi connectivity index (χ3v) is 6.46. The average molecular weight is 480 g/mol. The van der Waals surface area contributed by atoms with E-state index in [1.165, 1.54) is 0 Å². The first kappa shape index (κ1) is 26.7. The van der Waals surface area contributed by atoms with Gasteiger partial charge >= 0.3 is 10.4 Å². The minimum atomic E-state index is -4.82. The quantitative estimate of drug-likeness (QED) is 0.0789. The zero-order chi connectivity index (χ0) is 22.0. The molecule has 0 aromatic carbocycles. The maximum atomic E-state index is 11.0. The number of aliphatic hydroxyl groups excluding tert-OH is 4. The zero-order valence-electron chi connectivity index (χ0n) is 16.0. The number of aliphatic hydroxyl groups is 4. The van der Waals surface area contributed by atoms with E-state index in [9.17, 15) is 33.1 Å². The molecule has 6 atom stereocenters. The highest BCUT2D eigenvalue weighted by atomic mass is 32.3. The third-order valence-electron chi connectivity index (χ3n) is 4.16. The van der Waals surface area contributed by atoms with Crippen LogP contribution in [0, 0.1) is 0 Å². The SMILES string of the molecule is C[S@](=O)CCCCCCC/C(=N/OS(=O)(=O)O)S[C@@H]1O[C@H](CO)[C@@H](O)[C@H](O)[C@H]1O. The van der Waals surface area contributed by atoms with Crippen LogP contribution in [0.25, 0.3) is 0 Å². The summed E-state index contributed by atoms with van der Waals surface area (Å²) in [7, 11) is -5.64. The van der Waals surface area contributed by atoms with E-state index in [0.29, 0.717) is 12.2 Å². The molecule has 0 unspecified atom stereocenters. The van der Waals surface area contributed by atoms with E-state index < -0.39 is 57.7 Å². The molecule has 0 radical (unpaired) electrons. The van der Waals surface area contributed by atoms with Gasteiger partial charge < -0.3 is 25.2 Å². The van der Waals surface area contributed by atoms with E-state index in [0.717, 1.165) is 37.4 Å². The Morgan fingerprint density at radius 3 is 2.31 bits per heavy atom. The van der Waals surface area contributed by atoms with Gasteiger partial charge in [-0.3, -0.25) is 8.76 Å². The lowest BCUT2D eigenvalue weighted by Crippen LogP contribution is -2.57. The standard InChI is InChI=1S/C15H29NO10S3/c1-28(21)8-6-4-2-3-5-7-11(16-26-29(22,23)24)27-15-14(20)13(19)12(18)10(9-17)25-15/h10,12-15,17-20H,2-9H2,1H3,(H,22,23,24)/b16-11-/t10-,12-,13+,14-,15+,28+/m1/s1. The second-order valence-corrected chi connectivity index (χ2v) is 10.3. The van der Waals surface area contributed by atoms with E-state index in [4.69, 9.17) is 9.29 Å². The van der Waals surface area contributed by atoms with Crippen LogP contribution in [-0.4, -0.2) is 91.1 Å². The molecule has 1 aliphatic rings. The minimum absolute atomic E-state index is 0.0848. The van der Waals surface area contributed by atoms with Crippen molar-refractivity contribution < 1.29 is 46.6 Å². The normalized spacial score (nSPS) is 29.6. The van der Waals surface area contributed by atoms with Gasteiger partial charge in [0.05, 0.1) is 6.61 Å². The average Bonchev–Trinajstić information content (AvgIpc) is 2.64. The number of oxime groups is 1. The summed E-state index contributed by atoms with van der Waals surface area (Å²) < 4.78 is 50.7. The van der Waals surface area contributed by atoms with Crippen LogP contribution in [0.3, 0.4) is 0 Å². The van der Waals surface area contributed by atoms with Crippen LogP contribution < -0.4 is 0 Å². The van der Waals surface area contributed by atoms with Crippen LogP contribution in [0.2, 0.25) is 0 Å². The highest BCUT2D eigenvalue weighted by Crippen LogP contribution is 2.30. The van der Waals surface area contributed by atoms with Gasteiger partial charge in [-0.05, 0) is 19.3 Å². The van der Waals surface area contributed by atoms with Crippen LogP contribution in [0.4, 0.5) is 0 Å². The summed E-state index contributed by atoms with van der Waals surface area (Å²) in [5.41, 5.74) is -1.14. The maximum absolute atomic E-state index is 11.0. The van der Waals surface area contributed by atoms with E-state index in [2.05, 4.69) is 9.44 Å². The number of thioether (sulfide) groups is 1. The molecule has 1 aliphatic heterocycles. The van der Waals surface area contributed by atoms with Crippen LogP contribution >= 0.6 is 11.8 Å². The Morgan fingerprint density at radius 2 is 1.72 bits per heavy atom. The first-order valence-corrected chi connectivity index (χ1v) is 13.0. The molecule has 5 N–H and O–H groups in total. The van der Waals surface area contributed by atoms with E-state index >= 15 is 0 Å². The second-order valence-electron chi connectivity index (χ2n) is 6.60. The third kappa shape index (κ3) is 10.5. The molecule has 0 aromatic rings. The molecule has 11 nitrogen and oxygen atoms in total. The molecule has 14 heteroatoms. The van der Waals surface area contributed by atoms with Crippen molar-refractivity contribution in [2.75, 3.05) is 18.6 Å². The molecule has 1 rings (SSSR count). The fraction of sp³-hybridized carbons (Fsp3) is 0.933. The Labute approximate surface area is 176 Å². The van der Waals surface area contributed by atoms with Crippen molar-refractivity contribution >= 4 is 38.0 Å². The van der Waals surface area contributed by atoms with Crippen LogP contribution in [0.1, 0.15) is 38.5 Å². The van der Waals surface area contributed by atoms with E-state index in [1.54, 1.807) is 6.26 Å². The predicted molar refractivity (Wildman–Crippen MR) is 108 cm³/mol. The number of unbranched alkanes of at least 4 members (excludes halogenated alkanes) is 4. The van der Waals surface area contributed by atoms with Crippen LogP contribution in [0.5, 0.6) is 0 Å². The molecular formula is C15H29NO10S3. The molecule has 1 saturated heterocycles. The van der Waals surface area contributed by atoms with Crippen LogP contribution in [-0.2, 0) is 30.2 Å². The molecule has 0 bridgehead atoms. The number of rotatable bonds is 12. The van der Waals surface area contributed by atoms with Gasteiger partial charge in [0.2, 0.25) is 0 Å². The van der Waals surface area contributed by atoms with Gasteiger partial charge in [-0.15, -0.1) is 0 Å². The Kier molecular flexibility index (Phi) is 12.1. The molecular weight excluding hydrogens is 450 g/mol. The largest absolute Gasteiger partial charge is 0.466 e. The fourth-order valence-electron chi connectivity index (χ4n) is 2.63. The monoisotopic (exact) mass is 479 g/mol. The van der Waals surface area contributed by atoms with Gasteiger partial charge in [-0.25, -0.2) is 4.28 Å². The highest BCUT2D eigenvalue weighted by molar-refractivity contribution is 8.14. The smallest absolute Gasteiger partial charge is 0.394 e. The zero-order valence-corrected chi connectivity index (χ0v) is 18.4. The summed E-state index contributed by atoms with van der Waals surface area (Å²) >= 11 is 0.766. The van der Waals surface area contributed by atoms with E-state index in [-0.39, 0.29) is 11.5 Å². The number of hydrogen-bond donors (Lipinski definition) is 5. The molecule has 0 spiro atoms. The van der Waals surface area contributed by atoms with Crippen molar-refractivity contribution in [2.24, 2.45) is 5.16 Å². The molecule has 1 fully saturated rings. The maximum Gasteiger partial charge on any atom is 0.466 e. The highest BCUT2D eigenvalue weighted by Gasteiger charge is 2.44. The minimum Gasteiger partial charge on any atom is -0.394 e. The Hall–Kier alpha value is -0.320. The predicted octanol–water partition coefficient (Wildman–Crippen LogP) is -0.628. The van der Waals surface area contributed by atoms with Crippen molar-refractivity contribution in [1.82, 2.24) is 0 Å². The molecule has 0 aliphatic carbocycles. The van der Waals surface area contributed by atoms with Gasteiger partial charge in [0.15, 0.2) is 0 Å². The van der Waals surface area contributed by atoms with E-state index in [1.807, 2.05) is 0 Å². The van der Waals surface area contributed by atoms with Gasteiger partial charge in [0.25, 0.3) is 0 Å². The molecule has 172 valence electrons. The molecule has 0 aromatic heterocycles. The number of ether oxygens (including phenoxy) is 1. The van der Waals surface area contributed by atoms with Gasteiger partial charge in [-0.1, -0.05) is 36.2 Å². The van der Waals surface area contributed by atoms with Crippen molar-refractivity contribution in [1.29, 1.82) is 0 Å². The first-order valence-electron chi connectivity index (χ1n) is 9.05. The summed E-state index contributed by atoms with van der Waals surface area (Å²) in [6.45, 7) is -0.599. The van der Waals surface area contributed by atoms with Crippen molar-refractivity contribution in [3.63, 3.8) is 0 Å². The molecule has 29 heavy (non-hydrogen) atoms. The second kappa shape index (κ2) is 13.2. The molecule has 0 saturated carbocycles. The van der Waals surface area contributed by atoms with Crippen molar-refractivity contribution in [2.45, 2.75) is 68.4 Å². The first-order chi connectivity index (χ1) is 13.5. The molecule has 0 amide bonds. The summed E-state index contributed by atoms with van der Waals surface area (Å²) in [4.78, 5) is 0. The lowest BCUT2D eigenvalue weighted by atomic mass is 10.0. The summed E-state index contributed by atoms with van der Waals surface area (Å²) in [5, 5.41) is 42.4. The topological polar surface area (TPSA) is 183 Å². The fourth-order valence-corrected chi connectivity index (χ4v) is 4.58. The Bertz CT molecular complexity index is 642. The van der Waals surface area contributed by atoms with Gasteiger partial charge in [-0.2, -0.15) is 8.42 Å². The van der Waals surface area contributed by atoms with Crippen molar-refractivity contribution in [3.8, 4) is 0 Å². The van der Waals surface area contributed by atoms with Crippen LogP contribution in [0.15, 0.2) is 5.16 Å². The lowest BCUT2D eigenvalue weighted by molar-refractivity contribution is -0.205. The summed E-state index contributed by atoms with van der Waals surface area (Å²) in [6.07, 6.45) is 0.136. The summed E-state index contributed by atoms with van der Waals surface area (Å²) in [5.74, 6) is 0.641. The van der Waals surface area contributed by atoms with Gasteiger partial charge in [0.1, 0.15) is 34.9 Å². The number of nitrogens with zero attached hydrogens (tertiary/aromatic N) is 1. The van der Waals surface area contributed by atoms with Crippen molar-refractivity contribution in [3.05, 3.63) is 0 Å². The Morgan fingerprint density at radius 1 is 1.10 bits per heavy atom. The number of hydrogen-bond acceptors (Lipinski definition) is 11.